The second-order valence-corrected chi connectivity index (χ2v) is 6.50. The molecule has 0 aliphatic carbocycles. The number of carbonyl (C=O) groups excluding carboxylic acids is 1. The first-order chi connectivity index (χ1) is 14.0. The molecule has 0 bridgehead atoms. The summed E-state index contributed by atoms with van der Waals surface area (Å²) in [6.07, 6.45) is 2.75. The van der Waals surface area contributed by atoms with Crippen molar-refractivity contribution in [1.29, 1.82) is 0 Å². The molecule has 3 rings (SSSR count). The fraction of sp³-hybridized carbons (Fsp3) is 0.190. The van der Waals surface area contributed by atoms with Crippen LogP contribution in [0.3, 0.4) is 0 Å². The van der Waals surface area contributed by atoms with Crippen LogP contribution in [0.1, 0.15) is 30.3 Å². The third-order valence-electron chi connectivity index (χ3n) is 4.31. The first-order valence-electron chi connectivity index (χ1n) is 9.39. The van der Waals surface area contributed by atoms with Crippen molar-refractivity contribution >= 4 is 19.1 Å². The lowest BCUT2D eigenvalue weighted by Gasteiger charge is -2.09. The van der Waals surface area contributed by atoms with Crippen LogP contribution in [0.4, 0.5) is 0 Å². The van der Waals surface area contributed by atoms with Gasteiger partial charge in [-0.05, 0) is 35.8 Å². The van der Waals surface area contributed by atoms with E-state index in [9.17, 15) is 14.8 Å². The van der Waals surface area contributed by atoms with Gasteiger partial charge >= 0.3 is 7.12 Å². The van der Waals surface area contributed by atoms with E-state index in [-0.39, 0.29) is 24.3 Å². The van der Waals surface area contributed by atoms with Gasteiger partial charge < -0.3 is 19.9 Å². The van der Waals surface area contributed by atoms with Crippen LogP contribution in [0.2, 0.25) is 0 Å². The zero-order chi connectivity index (χ0) is 20.6. The zero-order valence-corrected chi connectivity index (χ0v) is 16.1. The van der Waals surface area contributed by atoms with Crippen LogP contribution in [0.5, 0.6) is 0 Å². The molecule has 0 unspecified atom stereocenters. The number of nitrogens with zero attached hydrogens (tertiary/aromatic N) is 2. The van der Waals surface area contributed by atoms with Crippen molar-refractivity contribution in [2.24, 2.45) is 0 Å². The van der Waals surface area contributed by atoms with E-state index < -0.39 is 7.12 Å². The fourth-order valence-electron chi connectivity index (χ4n) is 2.76. The summed E-state index contributed by atoms with van der Waals surface area (Å²) in [6.45, 7) is 2.04. The molecular formula is C21H22BN3O4. The Labute approximate surface area is 169 Å². The molecule has 7 nitrogen and oxygen atoms in total. The molecule has 1 amide bonds. The Morgan fingerprint density at radius 1 is 1.17 bits per heavy atom. The van der Waals surface area contributed by atoms with E-state index >= 15 is 0 Å². The number of hydrogen-bond acceptors (Lipinski definition) is 6. The summed E-state index contributed by atoms with van der Waals surface area (Å²) in [5.74, 6) is 0.426. The molecule has 2 aromatic carbocycles. The smallest absolute Gasteiger partial charge is 0.422 e. The predicted molar refractivity (Wildman–Crippen MR) is 110 cm³/mol. The number of nitrogens with one attached hydrogen (secondary N) is 1. The number of carbonyl (C=O) groups is 1. The summed E-state index contributed by atoms with van der Waals surface area (Å²) in [4.78, 5) is 16.5. The van der Waals surface area contributed by atoms with Gasteiger partial charge in [-0.15, -0.1) is 0 Å². The number of aromatic nitrogens is 2. The molecule has 1 aromatic heterocycles. The molecule has 0 fully saturated rings. The maximum Gasteiger partial charge on any atom is 0.505 e. The van der Waals surface area contributed by atoms with E-state index in [0.717, 1.165) is 23.1 Å². The van der Waals surface area contributed by atoms with Gasteiger partial charge in [0.25, 0.3) is 5.89 Å². The van der Waals surface area contributed by atoms with Crippen molar-refractivity contribution < 1.29 is 19.4 Å². The first-order valence-corrected chi connectivity index (χ1v) is 9.39. The Balaban J connectivity index is 1.61. The molecular weight excluding hydrogens is 369 g/mol. The van der Waals surface area contributed by atoms with Crippen LogP contribution >= 0.6 is 0 Å². The monoisotopic (exact) mass is 391 g/mol. The molecule has 148 valence electrons. The molecule has 29 heavy (non-hydrogen) atoms. The van der Waals surface area contributed by atoms with Crippen molar-refractivity contribution in [2.75, 3.05) is 0 Å². The second-order valence-electron chi connectivity index (χ2n) is 6.50. The molecule has 0 saturated carbocycles. The summed E-state index contributed by atoms with van der Waals surface area (Å²) >= 11 is 0. The number of hydrogen-bond donors (Lipinski definition) is 3. The summed E-state index contributed by atoms with van der Waals surface area (Å²) in [6, 6.07) is 17.0. The van der Waals surface area contributed by atoms with Crippen LogP contribution in [-0.4, -0.2) is 33.2 Å². The summed E-state index contributed by atoms with van der Waals surface area (Å²) in [5.41, 5.74) is 2.71. The van der Waals surface area contributed by atoms with Crippen molar-refractivity contribution in [2.45, 2.75) is 26.2 Å². The second kappa shape index (κ2) is 9.81. The molecule has 0 atom stereocenters. The molecule has 8 heteroatoms. The fourth-order valence-corrected chi connectivity index (χ4v) is 2.76. The van der Waals surface area contributed by atoms with Crippen molar-refractivity contribution in [3.63, 3.8) is 0 Å². The van der Waals surface area contributed by atoms with Gasteiger partial charge in [0.2, 0.25) is 5.91 Å². The van der Waals surface area contributed by atoms with Gasteiger partial charge in [0.1, 0.15) is 0 Å². The van der Waals surface area contributed by atoms with E-state index in [1.54, 1.807) is 6.08 Å². The van der Waals surface area contributed by atoms with Crippen LogP contribution < -0.4 is 5.32 Å². The minimum atomic E-state index is -1.79. The first kappa shape index (κ1) is 20.5. The van der Waals surface area contributed by atoms with Gasteiger partial charge in [0, 0.05) is 24.0 Å². The maximum absolute atomic E-state index is 12.3. The highest BCUT2D eigenvalue weighted by Gasteiger charge is 2.18. The number of aryl methyl sites for hydroxylation is 2. The Morgan fingerprint density at radius 3 is 2.69 bits per heavy atom. The topological polar surface area (TPSA) is 108 Å². The summed E-state index contributed by atoms with van der Waals surface area (Å²) in [5, 5.41) is 25.6. The highest BCUT2D eigenvalue weighted by atomic mass is 16.5. The van der Waals surface area contributed by atoms with Crippen LogP contribution in [0.25, 0.3) is 17.5 Å². The Kier molecular flexibility index (Phi) is 6.94. The maximum atomic E-state index is 12.3. The standard InChI is InChI=1S/C21H22BN3O4/c1-2-15-7-6-8-16(13-15)14-18(22(27)28)23-20(26)12-11-19-24-21(29-25-19)17-9-4-3-5-10-17/h3-10,13-14,27-28H,2,11-12H2,1H3,(H,23,26)/b18-14+. The lowest BCUT2D eigenvalue weighted by atomic mass is 9.84. The normalized spacial score (nSPS) is 11.3. The van der Waals surface area contributed by atoms with Crippen LogP contribution in [-0.2, 0) is 17.6 Å². The summed E-state index contributed by atoms with van der Waals surface area (Å²) in [7, 11) is -1.79. The Morgan fingerprint density at radius 2 is 1.97 bits per heavy atom. The van der Waals surface area contributed by atoms with E-state index in [4.69, 9.17) is 4.52 Å². The van der Waals surface area contributed by atoms with Gasteiger partial charge in [-0.2, -0.15) is 4.98 Å². The molecule has 0 aliphatic heterocycles. The molecule has 0 radical (unpaired) electrons. The molecule has 3 N–H and O–H groups in total. The third-order valence-corrected chi connectivity index (χ3v) is 4.31. The quantitative estimate of drug-likeness (QED) is 0.509. The average molecular weight is 391 g/mol. The lowest BCUT2D eigenvalue weighted by molar-refractivity contribution is -0.120. The molecule has 0 saturated heterocycles. The molecule has 0 aliphatic rings. The predicted octanol–water partition coefficient (Wildman–Crippen LogP) is 2.40. The Hall–Kier alpha value is -3.23. The largest absolute Gasteiger partial charge is 0.505 e. The van der Waals surface area contributed by atoms with Gasteiger partial charge in [-0.1, -0.05) is 54.5 Å². The zero-order valence-electron chi connectivity index (χ0n) is 16.1. The SMILES string of the molecule is CCc1cccc(/C=C(/NC(=O)CCc2noc(-c3ccccc3)n2)B(O)O)c1. The van der Waals surface area contributed by atoms with Crippen LogP contribution in [0, 0.1) is 0 Å². The van der Waals surface area contributed by atoms with E-state index in [1.165, 1.54) is 0 Å². The van der Waals surface area contributed by atoms with Gasteiger partial charge in [-0.25, -0.2) is 0 Å². The molecule has 1 heterocycles. The summed E-state index contributed by atoms with van der Waals surface area (Å²) < 4.78 is 5.22. The minimum absolute atomic E-state index is 0.0151. The molecule has 3 aromatic rings. The lowest BCUT2D eigenvalue weighted by Crippen LogP contribution is -2.32. The van der Waals surface area contributed by atoms with Gasteiger partial charge in [0.15, 0.2) is 5.82 Å². The van der Waals surface area contributed by atoms with Gasteiger partial charge in [-0.3, -0.25) is 4.79 Å². The average Bonchev–Trinajstić information content (AvgIpc) is 3.21. The minimum Gasteiger partial charge on any atom is -0.422 e. The number of benzene rings is 2. The Bertz CT molecular complexity index is 986. The third kappa shape index (κ3) is 5.87. The van der Waals surface area contributed by atoms with Crippen molar-refractivity contribution in [3.05, 3.63) is 77.1 Å². The van der Waals surface area contributed by atoms with Crippen molar-refractivity contribution in [3.8, 4) is 11.5 Å². The van der Waals surface area contributed by atoms with E-state index in [2.05, 4.69) is 15.5 Å². The van der Waals surface area contributed by atoms with E-state index in [0.29, 0.717) is 11.7 Å². The van der Waals surface area contributed by atoms with Crippen molar-refractivity contribution in [1.82, 2.24) is 15.5 Å². The van der Waals surface area contributed by atoms with E-state index in [1.807, 2.05) is 61.5 Å². The van der Waals surface area contributed by atoms with Crippen LogP contribution in [0.15, 0.2) is 64.7 Å². The number of amides is 1. The highest BCUT2D eigenvalue weighted by Crippen LogP contribution is 2.16. The number of rotatable bonds is 8. The highest BCUT2D eigenvalue weighted by molar-refractivity contribution is 6.52. The van der Waals surface area contributed by atoms with Gasteiger partial charge in [0.05, 0.1) is 0 Å². The molecule has 0 spiro atoms.